The van der Waals surface area contributed by atoms with Crippen LogP contribution in [0.15, 0.2) is 72.9 Å². The predicted octanol–water partition coefficient (Wildman–Crippen LogP) is 7.15. The van der Waals surface area contributed by atoms with E-state index in [1.54, 1.807) is 23.1 Å². The fourth-order valence-corrected chi connectivity index (χ4v) is 4.32. The Morgan fingerprint density at radius 3 is 2.41 bits per heavy atom. The summed E-state index contributed by atoms with van der Waals surface area (Å²) in [5.41, 5.74) is 4.21. The largest absolute Gasteiger partial charge is 0.387 e. The Morgan fingerprint density at radius 1 is 1.00 bits per heavy atom. The molecule has 1 aromatic heterocycles. The fraction of sp³-hybridized carbons (Fsp3) is 0.250. The van der Waals surface area contributed by atoms with Gasteiger partial charge < -0.3 is 15.0 Å². The summed E-state index contributed by atoms with van der Waals surface area (Å²) < 4.78 is 0. The number of carbonyl (C=O) groups is 1. The second kappa shape index (κ2) is 9.83. The van der Waals surface area contributed by atoms with Crippen LogP contribution in [-0.4, -0.2) is 27.4 Å². The third kappa shape index (κ3) is 5.30. The number of para-hydroxylation sites is 1. The van der Waals surface area contributed by atoms with Gasteiger partial charge in [-0.05, 0) is 46.4 Å². The molecule has 1 heterocycles. The van der Waals surface area contributed by atoms with Crippen LogP contribution < -0.4 is 0 Å². The van der Waals surface area contributed by atoms with Crippen molar-refractivity contribution in [3.05, 3.63) is 105 Å². The third-order valence-electron chi connectivity index (χ3n) is 6.02. The lowest BCUT2D eigenvalue weighted by Crippen LogP contribution is -2.34. The number of rotatable bonds is 6. The van der Waals surface area contributed by atoms with Crippen LogP contribution in [0.2, 0.25) is 10.0 Å². The standard InChI is InChI=1S/C28H28Cl2N2O2/c1-28(2,3)21-10-7-18(8-11-21)16-32(17-25(33)20-9-12-23(29)24(30)15-20)27(34)22-6-4-5-19-13-14-31-26(19)22/h4-15,25,31,33H,16-17H2,1-3H3. The maximum atomic E-state index is 13.7. The fourth-order valence-electron chi connectivity index (χ4n) is 4.02. The zero-order chi connectivity index (χ0) is 24.5. The first-order valence-corrected chi connectivity index (χ1v) is 12.0. The monoisotopic (exact) mass is 494 g/mol. The number of aromatic amines is 1. The topological polar surface area (TPSA) is 56.3 Å². The summed E-state index contributed by atoms with van der Waals surface area (Å²) in [6, 6.07) is 20.9. The molecule has 0 aliphatic rings. The molecule has 4 rings (SSSR count). The Morgan fingerprint density at radius 2 is 1.74 bits per heavy atom. The van der Waals surface area contributed by atoms with Crippen molar-refractivity contribution in [2.24, 2.45) is 0 Å². The van der Waals surface area contributed by atoms with E-state index in [1.807, 2.05) is 42.6 Å². The molecule has 1 amide bonds. The number of benzene rings is 3. The minimum absolute atomic E-state index is 0.0430. The van der Waals surface area contributed by atoms with Crippen LogP contribution >= 0.6 is 23.2 Å². The minimum atomic E-state index is -0.921. The number of hydrogen-bond donors (Lipinski definition) is 2. The number of nitrogens with zero attached hydrogens (tertiary/aromatic N) is 1. The molecule has 0 saturated carbocycles. The van der Waals surface area contributed by atoms with E-state index in [0.717, 1.165) is 16.5 Å². The van der Waals surface area contributed by atoms with Crippen LogP contribution in [0.4, 0.5) is 0 Å². The summed E-state index contributed by atoms with van der Waals surface area (Å²) in [5, 5.41) is 12.7. The highest BCUT2D eigenvalue weighted by Crippen LogP contribution is 2.28. The third-order valence-corrected chi connectivity index (χ3v) is 6.76. The van der Waals surface area contributed by atoms with Gasteiger partial charge in [0.1, 0.15) is 0 Å². The SMILES string of the molecule is CC(C)(C)c1ccc(CN(CC(O)c2ccc(Cl)c(Cl)c2)C(=O)c2cccc3cc[nH]c23)cc1. The molecule has 0 radical (unpaired) electrons. The first-order chi connectivity index (χ1) is 16.1. The van der Waals surface area contributed by atoms with Crippen molar-refractivity contribution in [3.8, 4) is 0 Å². The number of fused-ring (bicyclic) bond motifs is 1. The second-order valence-electron chi connectivity index (χ2n) is 9.57. The van der Waals surface area contributed by atoms with E-state index >= 15 is 0 Å². The number of H-pyrrole nitrogens is 1. The molecule has 176 valence electrons. The highest BCUT2D eigenvalue weighted by atomic mass is 35.5. The average molecular weight is 495 g/mol. The number of carbonyl (C=O) groups excluding carboxylic acids is 1. The molecule has 6 heteroatoms. The van der Waals surface area contributed by atoms with Gasteiger partial charge in [-0.2, -0.15) is 0 Å². The molecule has 34 heavy (non-hydrogen) atoms. The maximum absolute atomic E-state index is 13.7. The molecule has 0 bridgehead atoms. The number of amides is 1. The highest BCUT2D eigenvalue weighted by molar-refractivity contribution is 6.42. The molecule has 1 atom stereocenters. The van der Waals surface area contributed by atoms with Crippen molar-refractivity contribution in [1.82, 2.24) is 9.88 Å². The molecule has 4 nitrogen and oxygen atoms in total. The first-order valence-electron chi connectivity index (χ1n) is 11.2. The Hall–Kier alpha value is -2.79. The summed E-state index contributed by atoms with van der Waals surface area (Å²) in [4.78, 5) is 18.6. The summed E-state index contributed by atoms with van der Waals surface area (Å²) in [6.07, 6.45) is 0.900. The quantitative estimate of drug-likeness (QED) is 0.299. The lowest BCUT2D eigenvalue weighted by atomic mass is 9.87. The smallest absolute Gasteiger partial charge is 0.256 e. The van der Waals surface area contributed by atoms with E-state index in [2.05, 4.69) is 37.9 Å². The Kier molecular flexibility index (Phi) is 7.04. The van der Waals surface area contributed by atoms with Crippen molar-refractivity contribution in [2.45, 2.75) is 38.8 Å². The maximum Gasteiger partial charge on any atom is 0.256 e. The minimum Gasteiger partial charge on any atom is -0.387 e. The molecule has 0 fully saturated rings. The van der Waals surface area contributed by atoms with Gasteiger partial charge in [-0.15, -0.1) is 0 Å². The van der Waals surface area contributed by atoms with E-state index in [9.17, 15) is 9.90 Å². The lowest BCUT2D eigenvalue weighted by Gasteiger charge is -2.27. The van der Waals surface area contributed by atoms with Gasteiger partial charge in [-0.25, -0.2) is 0 Å². The Balaban J connectivity index is 1.66. The van der Waals surface area contributed by atoms with E-state index in [4.69, 9.17) is 23.2 Å². The Labute approximate surface area is 210 Å². The zero-order valence-electron chi connectivity index (χ0n) is 19.5. The van der Waals surface area contributed by atoms with Gasteiger partial charge in [-0.1, -0.05) is 86.4 Å². The number of nitrogens with one attached hydrogen (secondary N) is 1. The molecular weight excluding hydrogens is 467 g/mol. The van der Waals surface area contributed by atoms with Gasteiger partial charge in [0.15, 0.2) is 0 Å². The molecule has 0 saturated heterocycles. The van der Waals surface area contributed by atoms with E-state index in [0.29, 0.717) is 27.7 Å². The van der Waals surface area contributed by atoms with Crippen LogP contribution in [-0.2, 0) is 12.0 Å². The molecule has 1 unspecified atom stereocenters. The first kappa shape index (κ1) is 24.3. The molecule has 0 aliphatic heterocycles. The van der Waals surface area contributed by atoms with Crippen LogP contribution in [0.25, 0.3) is 10.9 Å². The van der Waals surface area contributed by atoms with E-state index < -0.39 is 6.10 Å². The molecule has 4 aromatic rings. The van der Waals surface area contributed by atoms with Crippen molar-refractivity contribution < 1.29 is 9.90 Å². The normalized spacial score (nSPS) is 12.6. The average Bonchev–Trinajstić information content (AvgIpc) is 3.28. The lowest BCUT2D eigenvalue weighted by molar-refractivity contribution is 0.0605. The van der Waals surface area contributed by atoms with Crippen molar-refractivity contribution in [3.63, 3.8) is 0 Å². The summed E-state index contributed by atoms with van der Waals surface area (Å²) >= 11 is 12.2. The van der Waals surface area contributed by atoms with E-state index in [-0.39, 0.29) is 17.9 Å². The van der Waals surface area contributed by atoms with Gasteiger partial charge in [0.2, 0.25) is 0 Å². The number of hydrogen-bond acceptors (Lipinski definition) is 2. The zero-order valence-corrected chi connectivity index (χ0v) is 21.0. The van der Waals surface area contributed by atoms with Crippen LogP contribution in [0.5, 0.6) is 0 Å². The summed E-state index contributed by atoms with van der Waals surface area (Å²) in [7, 11) is 0. The van der Waals surface area contributed by atoms with E-state index in [1.165, 1.54) is 5.56 Å². The van der Waals surface area contributed by atoms with Crippen molar-refractivity contribution >= 4 is 40.0 Å². The number of aromatic nitrogens is 1. The highest BCUT2D eigenvalue weighted by Gasteiger charge is 2.23. The van der Waals surface area contributed by atoms with Gasteiger partial charge in [0, 0.05) is 18.1 Å². The van der Waals surface area contributed by atoms with Gasteiger partial charge in [0.25, 0.3) is 5.91 Å². The van der Waals surface area contributed by atoms with Gasteiger partial charge in [0.05, 0.1) is 33.8 Å². The predicted molar refractivity (Wildman–Crippen MR) is 140 cm³/mol. The molecule has 0 spiro atoms. The summed E-state index contributed by atoms with van der Waals surface area (Å²) in [6.45, 7) is 6.97. The Bertz CT molecular complexity index is 1310. The summed E-state index contributed by atoms with van der Waals surface area (Å²) in [5.74, 6) is -0.160. The van der Waals surface area contributed by atoms with Crippen LogP contribution in [0.1, 0.15) is 53.9 Å². The van der Waals surface area contributed by atoms with Gasteiger partial charge >= 0.3 is 0 Å². The molecule has 3 aromatic carbocycles. The van der Waals surface area contributed by atoms with Gasteiger partial charge in [-0.3, -0.25) is 4.79 Å². The number of aliphatic hydroxyl groups excluding tert-OH is 1. The van der Waals surface area contributed by atoms with Crippen molar-refractivity contribution in [1.29, 1.82) is 0 Å². The molecule has 2 N–H and O–H groups in total. The van der Waals surface area contributed by atoms with Crippen LogP contribution in [0.3, 0.4) is 0 Å². The molecule has 0 aliphatic carbocycles. The number of halogens is 2. The van der Waals surface area contributed by atoms with Crippen molar-refractivity contribution in [2.75, 3.05) is 6.54 Å². The van der Waals surface area contributed by atoms with Crippen LogP contribution in [0, 0.1) is 0 Å². The molecular formula is C28H28Cl2N2O2. The number of aliphatic hydroxyl groups is 1. The second-order valence-corrected chi connectivity index (χ2v) is 10.4.